The number of nitrogens with zero attached hydrogens (tertiary/aromatic N) is 1. The van der Waals surface area contributed by atoms with Crippen LogP contribution >= 0.6 is 11.8 Å². The Kier molecular flexibility index (Phi) is 5.02. The Morgan fingerprint density at radius 2 is 1.96 bits per heavy atom. The van der Waals surface area contributed by atoms with Crippen LogP contribution in [0.4, 0.5) is 0 Å². The monoisotopic (exact) mass is 330 g/mol. The van der Waals surface area contributed by atoms with Crippen molar-refractivity contribution in [3.63, 3.8) is 0 Å². The van der Waals surface area contributed by atoms with E-state index in [9.17, 15) is 9.59 Å². The number of pyridine rings is 1. The Morgan fingerprint density at radius 3 is 2.65 bits per heavy atom. The highest BCUT2D eigenvalue weighted by molar-refractivity contribution is 7.99. The Balaban J connectivity index is 1.68. The van der Waals surface area contributed by atoms with Gasteiger partial charge in [-0.1, -0.05) is 30.3 Å². The lowest BCUT2D eigenvalue weighted by Gasteiger charge is -2.26. The van der Waals surface area contributed by atoms with Crippen molar-refractivity contribution in [1.82, 2.24) is 9.88 Å². The highest BCUT2D eigenvalue weighted by atomic mass is 32.2. The summed E-state index contributed by atoms with van der Waals surface area (Å²) in [7, 11) is 0. The first-order chi connectivity index (χ1) is 11.2. The number of aromatic amines is 1. The Bertz CT molecular complexity index is 724. The molecule has 120 valence electrons. The van der Waals surface area contributed by atoms with Gasteiger partial charge < -0.3 is 14.6 Å². The van der Waals surface area contributed by atoms with Crippen molar-refractivity contribution in [2.24, 2.45) is 0 Å². The molecule has 0 unspecified atom stereocenters. The highest BCUT2D eigenvalue weighted by Gasteiger charge is 2.19. The van der Waals surface area contributed by atoms with Crippen LogP contribution in [0.1, 0.15) is 16.1 Å². The Hall–Kier alpha value is -2.21. The van der Waals surface area contributed by atoms with Gasteiger partial charge in [0.05, 0.1) is 0 Å². The van der Waals surface area contributed by atoms with E-state index < -0.39 is 0 Å². The average Bonchev–Trinajstić information content (AvgIpc) is 2.61. The van der Waals surface area contributed by atoms with E-state index in [1.54, 1.807) is 4.90 Å². The van der Waals surface area contributed by atoms with Crippen LogP contribution in [0.2, 0.25) is 0 Å². The van der Waals surface area contributed by atoms with E-state index in [1.807, 2.05) is 42.1 Å². The van der Waals surface area contributed by atoms with Gasteiger partial charge in [0.15, 0.2) is 5.75 Å². The number of carbonyl (C=O) groups is 1. The molecule has 1 N–H and O–H groups in total. The van der Waals surface area contributed by atoms with E-state index in [-0.39, 0.29) is 17.1 Å². The standard InChI is InChI=1S/C17H18N2O3S/c20-15-10-14(17(21)19-6-8-23-9-7-19)18-11-16(15)22-12-13-4-2-1-3-5-13/h1-5,10-11H,6-9,12H2,(H,18,20). The van der Waals surface area contributed by atoms with Crippen molar-refractivity contribution in [3.8, 4) is 5.75 Å². The van der Waals surface area contributed by atoms with Crippen LogP contribution in [0.25, 0.3) is 0 Å². The number of aromatic nitrogens is 1. The van der Waals surface area contributed by atoms with E-state index in [0.29, 0.717) is 12.3 Å². The molecule has 0 spiro atoms. The Labute approximate surface area is 138 Å². The molecule has 23 heavy (non-hydrogen) atoms. The van der Waals surface area contributed by atoms with Crippen molar-refractivity contribution in [1.29, 1.82) is 0 Å². The molecule has 2 aromatic rings. The van der Waals surface area contributed by atoms with Gasteiger partial charge in [0, 0.05) is 36.9 Å². The van der Waals surface area contributed by atoms with E-state index in [0.717, 1.165) is 30.2 Å². The molecule has 0 radical (unpaired) electrons. The summed E-state index contributed by atoms with van der Waals surface area (Å²) in [4.78, 5) is 29.1. The zero-order valence-corrected chi connectivity index (χ0v) is 13.5. The third-order valence-electron chi connectivity index (χ3n) is 3.64. The number of nitrogens with one attached hydrogen (secondary N) is 1. The zero-order valence-electron chi connectivity index (χ0n) is 12.7. The van der Waals surface area contributed by atoms with Gasteiger partial charge in [-0.05, 0) is 5.56 Å². The van der Waals surface area contributed by atoms with Crippen molar-refractivity contribution in [2.75, 3.05) is 24.6 Å². The number of thioether (sulfide) groups is 1. The lowest BCUT2D eigenvalue weighted by atomic mass is 10.2. The summed E-state index contributed by atoms with van der Waals surface area (Å²) in [5.74, 6) is 1.97. The molecule has 1 aromatic carbocycles. The zero-order chi connectivity index (χ0) is 16.1. The van der Waals surface area contributed by atoms with Crippen molar-refractivity contribution < 1.29 is 9.53 Å². The molecule has 2 heterocycles. The second-order valence-electron chi connectivity index (χ2n) is 5.25. The van der Waals surface area contributed by atoms with E-state index >= 15 is 0 Å². The molecule has 0 saturated carbocycles. The molecular weight excluding hydrogens is 312 g/mol. The molecule has 1 aliphatic rings. The second-order valence-corrected chi connectivity index (χ2v) is 6.48. The van der Waals surface area contributed by atoms with Gasteiger partial charge in [-0.15, -0.1) is 0 Å². The van der Waals surface area contributed by atoms with Gasteiger partial charge >= 0.3 is 0 Å². The molecule has 1 aromatic heterocycles. The fourth-order valence-electron chi connectivity index (χ4n) is 2.37. The maximum absolute atomic E-state index is 12.3. The molecular formula is C17H18N2O3S. The van der Waals surface area contributed by atoms with Gasteiger partial charge in [0.1, 0.15) is 12.3 Å². The summed E-state index contributed by atoms with van der Waals surface area (Å²) >= 11 is 1.84. The summed E-state index contributed by atoms with van der Waals surface area (Å²) in [5, 5.41) is 0. The smallest absolute Gasteiger partial charge is 0.270 e. The van der Waals surface area contributed by atoms with Crippen molar-refractivity contribution in [3.05, 3.63) is 64.1 Å². The first kappa shape index (κ1) is 15.7. The minimum absolute atomic E-state index is 0.128. The third-order valence-corrected chi connectivity index (χ3v) is 4.59. The number of hydrogen-bond donors (Lipinski definition) is 1. The third kappa shape index (κ3) is 3.96. The number of benzene rings is 1. The number of H-pyrrole nitrogens is 1. The molecule has 3 rings (SSSR count). The van der Waals surface area contributed by atoms with Crippen LogP contribution in [0.15, 0.2) is 47.4 Å². The molecule has 6 heteroatoms. The molecule has 1 aliphatic heterocycles. The first-order valence-electron chi connectivity index (χ1n) is 7.50. The normalized spacial score (nSPS) is 14.5. The molecule has 5 nitrogen and oxygen atoms in total. The second kappa shape index (κ2) is 7.37. The predicted molar refractivity (Wildman–Crippen MR) is 91.1 cm³/mol. The predicted octanol–water partition coefficient (Wildman–Crippen LogP) is 2.14. The van der Waals surface area contributed by atoms with Gasteiger partial charge in [-0.3, -0.25) is 9.59 Å². The summed E-state index contributed by atoms with van der Waals surface area (Å²) in [6.07, 6.45) is 1.47. The summed E-state index contributed by atoms with van der Waals surface area (Å²) in [6, 6.07) is 10.9. The number of hydrogen-bond acceptors (Lipinski definition) is 4. The summed E-state index contributed by atoms with van der Waals surface area (Å²) < 4.78 is 5.53. The van der Waals surface area contributed by atoms with Crippen LogP contribution in [0.5, 0.6) is 5.75 Å². The lowest BCUT2D eigenvalue weighted by molar-refractivity contribution is 0.0766. The van der Waals surface area contributed by atoms with E-state index in [1.165, 1.54) is 12.3 Å². The molecule has 1 amide bonds. The van der Waals surface area contributed by atoms with Gasteiger partial charge in [0.2, 0.25) is 5.43 Å². The van der Waals surface area contributed by atoms with Crippen LogP contribution in [0.3, 0.4) is 0 Å². The molecule has 0 atom stereocenters. The van der Waals surface area contributed by atoms with Crippen molar-refractivity contribution in [2.45, 2.75) is 6.61 Å². The summed E-state index contributed by atoms with van der Waals surface area (Å²) in [6.45, 7) is 1.76. The quantitative estimate of drug-likeness (QED) is 0.933. The maximum atomic E-state index is 12.3. The van der Waals surface area contributed by atoms with Crippen LogP contribution in [-0.2, 0) is 6.61 Å². The minimum atomic E-state index is -0.283. The fraction of sp³-hybridized carbons (Fsp3) is 0.294. The molecule has 0 aliphatic carbocycles. The summed E-state index contributed by atoms with van der Waals surface area (Å²) in [5.41, 5.74) is 1.02. The number of rotatable bonds is 4. The number of carbonyl (C=O) groups excluding carboxylic acids is 1. The fourth-order valence-corrected chi connectivity index (χ4v) is 3.27. The molecule has 1 fully saturated rings. The highest BCUT2D eigenvalue weighted by Crippen LogP contribution is 2.13. The molecule has 1 saturated heterocycles. The first-order valence-corrected chi connectivity index (χ1v) is 8.66. The van der Waals surface area contributed by atoms with Gasteiger partial charge in [0.25, 0.3) is 5.91 Å². The number of amides is 1. The topological polar surface area (TPSA) is 62.4 Å². The van der Waals surface area contributed by atoms with E-state index in [4.69, 9.17) is 4.74 Å². The van der Waals surface area contributed by atoms with Gasteiger partial charge in [-0.25, -0.2) is 0 Å². The van der Waals surface area contributed by atoms with Crippen LogP contribution < -0.4 is 10.2 Å². The van der Waals surface area contributed by atoms with Crippen molar-refractivity contribution >= 4 is 17.7 Å². The largest absolute Gasteiger partial charge is 0.483 e. The molecule has 0 bridgehead atoms. The number of ether oxygens (including phenoxy) is 1. The lowest BCUT2D eigenvalue weighted by Crippen LogP contribution is -2.38. The SMILES string of the molecule is O=C(c1cc(=O)c(OCc2ccccc2)c[nH]1)N1CCSCC1. The van der Waals surface area contributed by atoms with Gasteiger partial charge in [-0.2, -0.15) is 11.8 Å². The van der Waals surface area contributed by atoms with Crippen LogP contribution in [-0.4, -0.2) is 40.4 Å². The average molecular weight is 330 g/mol. The maximum Gasteiger partial charge on any atom is 0.270 e. The Morgan fingerprint density at radius 1 is 1.22 bits per heavy atom. The minimum Gasteiger partial charge on any atom is -0.483 e. The van der Waals surface area contributed by atoms with Crippen LogP contribution in [0, 0.1) is 0 Å². The van der Waals surface area contributed by atoms with E-state index in [2.05, 4.69) is 4.98 Å².